The van der Waals surface area contributed by atoms with Gasteiger partial charge in [0.05, 0.1) is 6.26 Å². The number of nitrogens with one attached hydrogen (secondary N) is 1. The van der Waals surface area contributed by atoms with Crippen LogP contribution in [0.3, 0.4) is 0 Å². The molecule has 5 heterocycles. The van der Waals surface area contributed by atoms with Crippen molar-refractivity contribution in [3.05, 3.63) is 18.4 Å². The first-order valence-corrected chi connectivity index (χ1v) is 11.7. The average molecular weight is 470 g/mol. The summed E-state index contributed by atoms with van der Waals surface area (Å²) in [5, 5.41) is 7.64. The van der Waals surface area contributed by atoms with Crippen LogP contribution in [0.15, 0.2) is 22.8 Å². The zero-order valence-electron chi connectivity index (χ0n) is 19.8. The molecule has 0 aliphatic carbocycles. The SMILES string of the molecule is CC(C)(C)OC(=O)N1CCN2CC(CNc3nc(N)n4nc(-c5ccco5)nc4n3)CCC2C1. The van der Waals surface area contributed by atoms with Gasteiger partial charge in [-0.1, -0.05) is 0 Å². The van der Waals surface area contributed by atoms with Crippen LogP contribution in [-0.4, -0.2) is 84.8 Å². The van der Waals surface area contributed by atoms with Gasteiger partial charge in [0.1, 0.15) is 5.60 Å². The maximum Gasteiger partial charge on any atom is 0.410 e. The Hall–Kier alpha value is -3.41. The summed E-state index contributed by atoms with van der Waals surface area (Å²) in [7, 11) is 0. The lowest BCUT2D eigenvalue weighted by atomic mass is 9.91. The van der Waals surface area contributed by atoms with Crippen LogP contribution < -0.4 is 11.1 Å². The van der Waals surface area contributed by atoms with Crippen LogP contribution in [0.2, 0.25) is 0 Å². The van der Waals surface area contributed by atoms with E-state index in [-0.39, 0.29) is 12.0 Å². The van der Waals surface area contributed by atoms with Crippen LogP contribution >= 0.6 is 0 Å². The first-order chi connectivity index (χ1) is 16.2. The van der Waals surface area contributed by atoms with Crippen LogP contribution in [0.25, 0.3) is 17.4 Å². The zero-order valence-corrected chi connectivity index (χ0v) is 19.8. The van der Waals surface area contributed by atoms with E-state index in [9.17, 15) is 4.79 Å². The van der Waals surface area contributed by atoms with Crippen LogP contribution in [0.1, 0.15) is 33.6 Å². The molecule has 3 N–H and O–H groups in total. The van der Waals surface area contributed by atoms with Crippen molar-refractivity contribution in [2.45, 2.75) is 45.3 Å². The maximum atomic E-state index is 12.4. The van der Waals surface area contributed by atoms with Gasteiger partial charge in [-0.25, -0.2) is 4.79 Å². The molecule has 182 valence electrons. The van der Waals surface area contributed by atoms with Gasteiger partial charge in [-0.3, -0.25) is 4.90 Å². The highest BCUT2D eigenvalue weighted by Gasteiger charge is 2.35. The van der Waals surface area contributed by atoms with Crippen molar-refractivity contribution < 1.29 is 13.9 Å². The molecule has 2 aliphatic rings. The molecule has 0 bridgehead atoms. The number of nitrogens with zero attached hydrogens (tertiary/aromatic N) is 7. The van der Waals surface area contributed by atoms with Gasteiger partial charge in [0.15, 0.2) is 5.76 Å². The number of amides is 1. The molecule has 2 unspecified atom stereocenters. The molecule has 3 aromatic heterocycles. The molecule has 12 heteroatoms. The predicted octanol–water partition coefficient (Wildman–Crippen LogP) is 2.10. The van der Waals surface area contributed by atoms with E-state index in [1.165, 1.54) is 4.52 Å². The number of nitrogens with two attached hydrogens (primary N) is 1. The summed E-state index contributed by atoms with van der Waals surface area (Å²) in [4.78, 5) is 30.0. The summed E-state index contributed by atoms with van der Waals surface area (Å²) in [6.07, 6.45) is 3.44. The molecular weight excluding hydrogens is 438 g/mol. The maximum absolute atomic E-state index is 12.4. The van der Waals surface area contributed by atoms with Crippen molar-refractivity contribution in [3.63, 3.8) is 0 Å². The number of piperazine rings is 1. The summed E-state index contributed by atoms with van der Waals surface area (Å²) in [5.41, 5.74) is 5.61. The third-order valence-electron chi connectivity index (χ3n) is 6.18. The van der Waals surface area contributed by atoms with Crippen LogP contribution in [-0.2, 0) is 4.74 Å². The first-order valence-electron chi connectivity index (χ1n) is 11.7. The molecule has 0 saturated carbocycles. The van der Waals surface area contributed by atoms with E-state index in [1.54, 1.807) is 18.4 Å². The highest BCUT2D eigenvalue weighted by Crippen LogP contribution is 2.26. The van der Waals surface area contributed by atoms with E-state index >= 15 is 0 Å². The molecule has 5 rings (SSSR count). The fourth-order valence-corrected chi connectivity index (χ4v) is 4.55. The lowest BCUT2D eigenvalue weighted by Crippen LogP contribution is -2.58. The van der Waals surface area contributed by atoms with Crippen LogP contribution in [0, 0.1) is 5.92 Å². The molecule has 2 saturated heterocycles. The Morgan fingerprint density at radius 3 is 2.85 bits per heavy atom. The monoisotopic (exact) mass is 469 g/mol. The second-order valence-electron chi connectivity index (χ2n) is 9.93. The number of nitrogen functional groups attached to an aromatic ring is 1. The van der Waals surface area contributed by atoms with E-state index < -0.39 is 5.60 Å². The van der Waals surface area contributed by atoms with Gasteiger partial charge >= 0.3 is 6.09 Å². The Balaban J connectivity index is 1.17. The van der Waals surface area contributed by atoms with Gasteiger partial charge < -0.3 is 25.1 Å². The molecule has 12 nitrogen and oxygen atoms in total. The molecule has 1 amide bonds. The lowest BCUT2D eigenvalue weighted by Gasteiger charge is -2.46. The van der Waals surface area contributed by atoms with Gasteiger partial charge in [-0.2, -0.15) is 19.5 Å². The van der Waals surface area contributed by atoms with Gasteiger partial charge in [0.2, 0.25) is 17.7 Å². The number of hydrogen-bond acceptors (Lipinski definition) is 10. The van der Waals surface area contributed by atoms with Crippen molar-refractivity contribution in [2.24, 2.45) is 5.92 Å². The second kappa shape index (κ2) is 8.75. The number of fused-ring (bicyclic) bond motifs is 2. The number of carbonyl (C=O) groups excluding carboxylic acids is 1. The van der Waals surface area contributed by atoms with Crippen LogP contribution in [0.5, 0.6) is 0 Å². The summed E-state index contributed by atoms with van der Waals surface area (Å²) in [6.45, 7) is 9.65. The van der Waals surface area contributed by atoms with Gasteiger partial charge in [0.25, 0.3) is 5.78 Å². The summed E-state index contributed by atoms with van der Waals surface area (Å²) >= 11 is 0. The van der Waals surface area contributed by atoms with Crippen molar-refractivity contribution in [1.29, 1.82) is 0 Å². The fourth-order valence-electron chi connectivity index (χ4n) is 4.55. The number of ether oxygens (including phenoxy) is 1. The Morgan fingerprint density at radius 2 is 2.09 bits per heavy atom. The molecule has 2 aliphatic heterocycles. The number of aromatic nitrogens is 5. The van der Waals surface area contributed by atoms with Crippen LogP contribution in [0.4, 0.5) is 16.7 Å². The summed E-state index contributed by atoms with van der Waals surface area (Å²) in [6, 6.07) is 3.92. The van der Waals surface area contributed by atoms with E-state index in [0.29, 0.717) is 41.8 Å². The molecule has 2 fully saturated rings. The van der Waals surface area contributed by atoms with Gasteiger partial charge in [-0.05, 0) is 51.7 Å². The number of rotatable bonds is 4. The average Bonchev–Trinajstić information content (AvgIpc) is 3.46. The van der Waals surface area contributed by atoms with E-state index in [4.69, 9.17) is 14.9 Å². The third kappa shape index (κ3) is 4.76. The van der Waals surface area contributed by atoms with Crippen molar-refractivity contribution >= 4 is 23.8 Å². The van der Waals surface area contributed by atoms with Crippen molar-refractivity contribution in [1.82, 2.24) is 34.4 Å². The first kappa shape index (κ1) is 22.4. The molecule has 34 heavy (non-hydrogen) atoms. The smallest absolute Gasteiger partial charge is 0.410 e. The standard InChI is InChI=1S/C22H31N9O3/c1-22(2,3)34-21(32)30-9-8-29-12-14(6-7-15(29)13-30)11-24-19-26-18(23)31-20(27-19)25-17(28-31)16-5-4-10-33-16/h4-5,10,14-15H,6-9,11-13H2,1-3H3,(H3,23,24,25,26,27,28). The largest absolute Gasteiger partial charge is 0.461 e. The Labute approximate surface area is 197 Å². The summed E-state index contributed by atoms with van der Waals surface area (Å²) in [5.74, 6) is 2.40. The van der Waals surface area contributed by atoms with Crippen molar-refractivity contribution in [2.75, 3.05) is 43.8 Å². The van der Waals surface area contributed by atoms with Gasteiger partial charge in [0, 0.05) is 38.8 Å². The van der Waals surface area contributed by atoms with E-state index in [0.717, 1.165) is 39.0 Å². The Bertz CT molecular complexity index is 1150. The molecule has 0 spiro atoms. The number of furan rings is 1. The Kier molecular flexibility index (Phi) is 5.76. The molecule has 0 aromatic carbocycles. The van der Waals surface area contributed by atoms with E-state index in [1.807, 2.05) is 25.7 Å². The normalized spacial score (nSPS) is 21.4. The molecular formula is C22H31N9O3. The minimum atomic E-state index is -0.473. The highest BCUT2D eigenvalue weighted by atomic mass is 16.6. The molecule has 3 aromatic rings. The van der Waals surface area contributed by atoms with E-state index in [2.05, 4.69) is 30.3 Å². The molecule has 2 atom stereocenters. The third-order valence-corrected chi connectivity index (χ3v) is 6.18. The van der Waals surface area contributed by atoms with Crippen molar-refractivity contribution in [3.8, 4) is 11.6 Å². The second-order valence-corrected chi connectivity index (χ2v) is 9.93. The predicted molar refractivity (Wildman–Crippen MR) is 125 cm³/mol. The number of piperidine rings is 1. The number of hydrogen-bond donors (Lipinski definition) is 2. The highest BCUT2D eigenvalue weighted by molar-refractivity contribution is 5.68. The number of carbonyl (C=O) groups is 1. The zero-order chi connectivity index (χ0) is 23.9. The quantitative estimate of drug-likeness (QED) is 0.584. The topological polar surface area (TPSA) is 140 Å². The molecule has 0 radical (unpaired) electrons. The Morgan fingerprint density at radius 1 is 1.24 bits per heavy atom. The lowest BCUT2D eigenvalue weighted by molar-refractivity contribution is -0.00791. The fraction of sp³-hybridized carbons (Fsp3) is 0.591. The summed E-state index contributed by atoms with van der Waals surface area (Å²) < 4.78 is 12.3. The minimum absolute atomic E-state index is 0.208. The minimum Gasteiger partial charge on any atom is -0.461 e. The van der Waals surface area contributed by atoms with Gasteiger partial charge in [-0.15, -0.1) is 5.10 Å². The number of anilines is 2.